The Morgan fingerprint density at radius 1 is 1.12 bits per heavy atom. The standard InChI is InChI=1S/C24H23ClN6O/c25-20-15-28-24(30-23(20)19-14-27-21-7-2-1-6-18(19)21)29-16-8-11-31(12-9-16)22(32)13-17-5-3-4-10-26-17/h1-7,10,14-16,27H,8-9,11-13H2,(H,28,29,30). The number of amides is 1. The number of benzene rings is 1. The number of hydrogen-bond acceptors (Lipinski definition) is 5. The summed E-state index contributed by atoms with van der Waals surface area (Å²) in [4.78, 5) is 31.1. The Labute approximate surface area is 190 Å². The molecule has 32 heavy (non-hydrogen) atoms. The quantitative estimate of drug-likeness (QED) is 0.476. The number of carbonyl (C=O) groups excluding carboxylic acids is 1. The van der Waals surface area contributed by atoms with Gasteiger partial charge in [-0.2, -0.15) is 0 Å². The monoisotopic (exact) mass is 446 g/mol. The van der Waals surface area contributed by atoms with E-state index in [0.717, 1.165) is 35.0 Å². The minimum absolute atomic E-state index is 0.117. The van der Waals surface area contributed by atoms with Crippen molar-refractivity contribution in [1.82, 2.24) is 24.8 Å². The van der Waals surface area contributed by atoms with E-state index >= 15 is 0 Å². The molecule has 2 N–H and O–H groups in total. The van der Waals surface area contributed by atoms with Crippen molar-refractivity contribution >= 4 is 34.4 Å². The van der Waals surface area contributed by atoms with Crippen LogP contribution >= 0.6 is 11.6 Å². The Balaban J connectivity index is 1.24. The van der Waals surface area contributed by atoms with Crippen LogP contribution in [0, 0.1) is 0 Å². The molecule has 7 nitrogen and oxygen atoms in total. The number of piperidine rings is 1. The van der Waals surface area contributed by atoms with E-state index in [1.165, 1.54) is 0 Å². The lowest BCUT2D eigenvalue weighted by Gasteiger charge is -2.32. The van der Waals surface area contributed by atoms with Crippen LogP contribution in [0.1, 0.15) is 18.5 Å². The van der Waals surface area contributed by atoms with Gasteiger partial charge in [-0.25, -0.2) is 9.97 Å². The van der Waals surface area contributed by atoms with Gasteiger partial charge >= 0.3 is 0 Å². The van der Waals surface area contributed by atoms with Gasteiger partial charge in [0.2, 0.25) is 11.9 Å². The number of fused-ring (bicyclic) bond motifs is 1. The number of likely N-dealkylation sites (tertiary alicyclic amines) is 1. The molecule has 0 aliphatic carbocycles. The van der Waals surface area contributed by atoms with Gasteiger partial charge in [0.15, 0.2) is 0 Å². The number of aromatic amines is 1. The van der Waals surface area contributed by atoms with E-state index in [9.17, 15) is 4.79 Å². The van der Waals surface area contributed by atoms with Crippen LogP contribution < -0.4 is 5.32 Å². The van der Waals surface area contributed by atoms with Crippen molar-refractivity contribution < 1.29 is 4.79 Å². The first kappa shape index (κ1) is 20.5. The van der Waals surface area contributed by atoms with Crippen molar-refractivity contribution in [3.8, 4) is 11.3 Å². The van der Waals surface area contributed by atoms with E-state index in [-0.39, 0.29) is 11.9 Å². The summed E-state index contributed by atoms with van der Waals surface area (Å²) in [5.41, 5.74) is 3.49. The van der Waals surface area contributed by atoms with Crippen molar-refractivity contribution in [2.75, 3.05) is 18.4 Å². The second kappa shape index (κ2) is 8.96. The Morgan fingerprint density at radius 2 is 1.94 bits per heavy atom. The van der Waals surface area contributed by atoms with Crippen molar-refractivity contribution in [3.05, 3.63) is 71.8 Å². The summed E-state index contributed by atoms with van der Waals surface area (Å²) in [6.07, 6.45) is 7.29. The smallest absolute Gasteiger partial charge is 0.228 e. The number of halogens is 1. The van der Waals surface area contributed by atoms with E-state index in [4.69, 9.17) is 16.6 Å². The Morgan fingerprint density at radius 3 is 2.75 bits per heavy atom. The van der Waals surface area contributed by atoms with Gasteiger partial charge in [-0.05, 0) is 31.0 Å². The third kappa shape index (κ3) is 4.29. The van der Waals surface area contributed by atoms with Gasteiger partial charge in [0, 0.05) is 53.7 Å². The van der Waals surface area contributed by atoms with Gasteiger partial charge in [-0.1, -0.05) is 35.9 Å². The van der Waals surface area contributed by atoms with Crippen LogP contribution in [0.25, 0.3) is 22.2 Å². The number of para-hydroxylation sites is 1. The molecule has 0 saturated carbocycles. The lowest BCUT2D eigenvalue weighted by atomic mass is 10.0. The van der Waals surface area contributed by atoms with Crippen LogP contribution in [-0.4, -0.2) is 49.9 Å². The zero-order chi connectivity index (χ0) is 21.9. The number of anilines is 1. The van der Waals surface area contributed by atoms with Crippen molar-refractivity contribution in [3.63, 3.8) is 0 Å². The molecule has 1 aliphatic rings. The van der Waals surface area contributed by atoms with Gasteiger partial charge in [0.05, 0.1) is 23.3 Å². The normalized spacial score (nSPS) is 14.6. The highest BCUT2D eigenvalue weighted by Crippen LogP contribution is 2.32. The van der Waals surface area contributed by atoms with Gasteiger partial charge in [0.25, 0.3) is 0 Å². The van der Waals surface area contributed by atoms with E-state index in [0.29, 0.717) is 36.2 Å². The fourth-order valence-electron chi connectivity index (χ4n) is 4.12. The van der Waals surface area contributed by atoms with Crippen LogP contribution in [-0.2, 0) is 11.2 Å². The van der Waals surface area contributed by atoms with Crippen molar-refractivity contribution in [2.24, 2.45) is 0 Å². The SMILES string of the molecule is O=C(Cc1ccccn1)N1CCC(Nc2ncc(Cl)c(-c3c[nH]c4ccccc34)n2)CC1. The molecule has 0 bridgehead atoms. The Bertz CT molecular complexity index is 1230. The zero-order valence-corrected chi connectivity index (χ0v) is 18.2. The molecule has 1 aliphatic heterocycles. The summed E-state index contributed by atoms with van der Waals surface area (Å²) in [5.74, 6) is 0.666. The Kier molecular flexibility index (Phi) is 5.73. The second-order valence-electron chi connectivity index (χ2n) is 7.94. The van der Waals surface area contributed by atoms with Crippen LogP contribution in [0.15, 0.2) is 61.1 Å². The summed E-state index contributed by atoms with van der Waals surface area (Å²) >= 11 is 6.44. The summed E-state index contributed by atoms with van der Waals surface area (Å²) in [5, 5.41) is 5.00. The maximum absolute atomic E-state index is 12.6. The predicted octanol–water partition coefficient (Wildman–Crippen LogP) is 4.32. The highest BCUT2D eigenvalue weighted by atomic mass is 35.5. The van der Waals surface area contributed by atoms with Gasteiger partial charge in [-0.3, -0.25) is 9.78 Å². The summed E-state index contributed by atoms with van der Waals surface area (Å²) in [7, 11) is 0. The molecule has 1 aromatic carbocycles. The van der Waals surface area contributed by atoms with Gasteiger partial charge < -0.3 is 15.2 Å². The fourth-order valence-corrected chi connectivity index (χ4v) is 4.31. The molecular formula is C24H23ClN6O. The summed E-state index contributed by atoms with van der Waals surface area (Å²) < 4.78 is 0. The molecule has 0 radical (unpaired) electrons. The van der Waals surface area contributed by atoms with E-state index in [1.807, 2.05) is 53.6 Å². The lowest BCUT2D eigenvalue weighted by Crippen LogP contribution is -2.43. The first-order valence-electron chi connectivity index (χ1n) is 10.7. The summed E-state index contributed by atoms with van der Waals surface area (Å²) in [6, 6.07) is 13.9. The number of nitrogens with one attached hydrogen (secondary N) is 2. The third-order valence-corrected chi connectivity index (χ3v) is 6.10. The maximum atomic E-state index is 12.6. The highest BCUT2D eigenvalue weighted by Gasteiger charge is 2.24. The number of pyridine rings is 1. The minimum atomic E-state index is 0.117. The zero-order valence-electron chi connectivity index (χ0n) is 17.5. The lowest BCUT2D eigenvalue weighted by molar-refractivity contribution is -0.131. The first-order chi connectivity index (χ1) is 15.7. The second-order valence-corrected chi connectivity index (χ2v) is 8.34. The van der Waals surface area contributed by atoms with Crippen LogP contribution in [0.5, 0.6) is 0 Å². The molecule has 0 unspecified atom stereocenters. The summed E-state index contributed by atoms with van der Waals surface area (Å²) in [6.45, 7) is 1.40. The van der Waals surface area contributed by atoms with E-state index in [1.54, 1.807) is 12.4 Å². The molecule has 8 heteroatoms. The molecule has 4 heterocycles. The number of carbonyl (C=O) groups is 1. The van der Waals surface area contributed by atoms with E-state index in [2.05, 4.69) is 20.3 Å². The molecular weight excluding hydrogens is 424 g/mol. The van der Waals surface area contributed by atoms with Crippen LogP contribution in [0.2, 0.25) is 5.02 Å². The molecule has 162 valence electrons. The molecule has 1 fully saturated rings. The average Bonchev–Trinajstić information content (AvgIpc) is 3.25. The number of nitrogens with zero attached hydrogens (tertiary/aromatic N) is 4. The number of rotatable bonds is 5. The van der Waals surface area contributed by atoms with Gasteiger partial charge in [-0.15, -0.1) is 0 Å². The Hall–Kier alpha value is -3.45. The highest BCUT2D eigenvalue weighted by molar-refractivity contribution is 6.33. The molecule has 1 saturated heterocycles. The molecule has 3 aromatic heterocycles. The molecule has 5 rings (SSSR count). The molecule has 0 spiro atoms. The topological polar surface area (TPSA) is 86.8 Å². The molecule has 1 amide bonds. The average molecular weight is 447 g/mol. The largest absolute Gasteiger partial charge is 0.360 e. The van der Waals surface area contributed by atoms with Crippen LogP contribution in [0.3, 0.4) is 0 Å². The van der Waals surface area contributed by atoms with Crippen molar-refractivity contribution in [1.29, 1.82) is 0 Å². The third-order valence-electron chi connectivity index (χ3n) is 5.83. The first-order valence-corrected chi connectivity index (χ1v) is 11.1. The van der Waals surface area contributed by atoms with Gasteiger partial charge in [0.1, 0.15) is 0 Å². The maximum Gasteiger partial charge on any atom is 0.228 e. The number of aromatic nitrogens is 4. The molecule has 4 aromatic rings. The minimum Gasteiger partial charge on any atom is -0.360 e. The predicted molar refractivity (Wildman–Crippen MR) is 126 cm³/mol. The molecule has 0 atom stereocenters. The number of H-pyrrole nitrogens is 1. The van der Waals surface area contributed by atoms with Crippen molar-refractivity contribution in [2.45, 2.75) is 25.3 Å². The fraction of sp³-hybridized carbons (Fsp3) is 0.250. The van der Waals surface area contributed by atoms with Crippen LogP contribution in [0.4, 0.5) is 5.95 Å². The number of hydrogen-bond donors (Lipinski definition) is 2. The van der Waals surface area contributed by atoms with E-state index < -0.39 is 0 Å².